The molecule has 0 bridgehead atoms. The molecule has 1 aromatic heterocycles. The van der Waals surface area contributed by atoms with Crippen molar-refractivity contribution in [3.05, 3.63) is 6.07 Å². The van der Waals surface area contributed by atoms with Crippen LogP contribution < -0.4 is 10.6 Å². The van der Waals surface area contributed by atoms with Gasteiger partial charge in [-0.15, -0.1) is 0 Å². The number of amides is 2. The molecule has 3 heterocycles. The SMILES string of the molecule is O=C(CCCCC1CCSS1)Nc1cc(NC(=O)CCCCC2CCSS2)[nH]n1. The van der Waals surface area contributed by atoms with E-state index in [9.17, 15) is 9.59 Å². The van der Waals surface area contributed by atoms with Gasteiger partial charge in [0.25, 0.3) is 0 Å². The molecule has 162 valence electrons. The summed E-state index contributed by atoms with van der Waals surface area (Å²) >= 11 is 0. The number of hydrogen-bond donors (Lipinski definition) is 3. The Labute approximate surface area is 188 Å². The zero-order valence-electron chi connectivity index (χ0n) is 16.6. The van der Waals surface area contributed by atoms with Crippen LogP contribution in [0.4, 0.5) is 11.6 Å². The molecule has 2 unspecified atom stereocenters. The van der Waals surface area contributed by atoms with E-state index < -0.39 is 0 Å². The maximum absolute atomic E-state index is 12.1. The topological polar surface area (TPSA) is 86.9 Å². The second kappa shape index (κ2) is 13.1. The van der Waals surface area contributed by atoms with Gasteiger partial charge in [0.1, 0.15) is 5.82 Å². The first-order valence-electron chi connectivity index (χ1n) is 10.4. The van der Waals surface area contributed by atoms with E-state index in [0.717, 1.165) is 36.2 Å². The van der Waals surface area contributed by atoms with E-state index in [0.29, 0.717) is 24.5 Å². The van der Waals surface area contributed by atoms with Crippen LogP contribution in [0.1, 0.15) is 64.2 Å². The molecule has 2 amide bonds. The molecule has 3 N–H and O–H groups in total. The number of hydrogen-bond acceptors (Lipinski definition) is 7. The average molecular weight is 475 g/mol. The summed E-state index contributed by atoms with van der Waals surface area (Å²) in [7, 11) is 7.90. The lowest BCUT2D eigenvalue weighted by Gasteiger charge is -2.06. The van der Waals surface area contributed by atoms with E-state index in [2.05, 4.69) is 20.8 Å². The third kappa shape index (κ3) is 9.06. The maximum Gasteiger partial charge on any atom is 0.225 e. The second-order valence-electron chi connectivity index (χ2n) is 7.41. The van der Waals surface area contributed by atoms with Crippen molar-refractivity contribution in [2.24, 2.45) is 0 Å². The van der Waals surface area contributed by atoms with Gasteiger partial charge in [-0.25, -0.2) is 0 Å². The zero-order valence-corrected chi connectivity index (χ0v) is 19.9. The second-order valence-corrected chi connectivity index (χ2v) is 13.0. The Balaban J connectivity index is 1.25. The minimum atomic E-state index is -0.0224. The Morgan fingerprint density at radius 2 is 1.52 bits per heavy atom. The summed E-state index contributed by atoms with van der Waals surface area (Å²) in [5.41, 5.74) is 0. The number of carbonyl (C=O) groups excluding carboxylic acids is 2. The van der Waals surface area contributed by atoms with Crippen LogP contribution in [0.5, 0.6) is 0 Å². The van der Waals surface area contributed by atoms with Gasteiger partial charge in [-0.3, -0.25) is 14.7 Å². The molecule has 0 aliphatic carbocycles. The van der Waals surface area contributed by atoms with Crippen molar-refractivity contribution in [1.82, 2.24) is 10.2 Å². The van der Waals surface area contributed by atoms with Gasteiger partial charge < -0.3 is 10.6 Å². The van der Waals surface area contributed by atoms with Crippen molar-refractivity contribution in [3.8, 4) is 0 Å². The Kier molecular flexibility index (Phi) is 10.5. The van der Waals surface area contributed by atoms with Gasteiger partial charge in [-0.1, -0.05) is 56.0 Å². The van der Waals surface area contributed by atoms with Gasteiger partial charge in [-0.05, 0) is 38.5 Å². The van der Waals surface area contributed by atoms with E-state index in [1.165, 1.54) is 37.2 Å². The van der Waals surface area contributed by atoms with Gasteiger partial charge in [0.05, 0.1) is 0 Å². The van der Waals surface area contributed by atoms with Crippen molar-refractivity contribution in [2.45, 2.75) is 74.7 Å². The first kappa shape index (κ1) is 23.2. The highest BCUT2D eigenvalue weighted by molar-refractivity contribution is 8.77. The predicted octanol–water partition coefficient (Wildman–Crippen LogP) is 5.71. The fraction of sp³-hybridized carbons (Fsp3) is 0.737. The summed E-state index contributed by atoms with van der Waals surface area (Å²) in [6.45, 7) is 0. The Morgan fingerprint density at radius 3 is 2.07 bits per heavy atom. The highest BCUT2D eigenvalue weighted by atomic mass is 33.1. The van der Waals surface area contributed by atoms with Crippen molar-refractivity contribution < 1.29 is 9.59 Å². The number of nitrogens with zero attached hydrogens (tertiary/aromatic N) is 1. The number of H-pyrrole nitrogens is 1. The predicted molar refractivity (Wildman–Crippen MR) is 130 cm³/mol. The number of carbonyl (C=O) groups is 2. The van der Waals surface area contributed by atoms with Crippen LogP contribution in [-0.2, 0) is 9.59 Å². The van der Waals surface area contributed by atoms with Gasteiger partial charge in [0.2, 0.25) is 11.8 Å². The number of aromatic amines is 1. The normalized spacial score (nSPS) is 21.4. The lowest BCUT2D eigenvalue weighted by Crippen LogP contribution is -2.12. The summed E-state index contributed by atoms with van der Waals surface area (Å²) in [6, 6.07) is 1.68. The van der Waals surface area contributed by atoms with E-state index in [1.807, 2.05) is 43.2 Å². The first-order chi connectivity index (χ1) is 14.2. The smallest absolute Gasteiger partial charge is 0.225 e. The Hall–Kier alpha value is -0.450. The lowest BCUT2D eigenvalue weighted by molar-refractivity contribution is -0.117. The van der Waals surface area contributed by atoms with Crippen molar-refractivity contribution in [1.29, 1.82) is 0 Å². The lowest BCUT2D eigenvalue weighted by atomic mass is 10.1. The van der Waals surface area contributed by atoms with Crippen LogP contribution in [0, 0.1) is 0 Å². The number of aromatic nitrogens is 2. The van der Waals surface area contributed by atoms with Gasteiger partial charge in [0.15, 0.2) is 5.82 Å². The van der Waals surface area contributed by atoms with E-state index in [4.69, 9.17) is 0 Å². The summed E-state index contributed by atoms with van der Waals surface area (Å²) in [5, 5.41) is 14.0. The molecule has 6 nitrogen and oxygen atoms in total. The summed E-state index contributed by atoms with van der Waals surface area (Å²) in [5.74, 6) is 3.47. The number of unbranched alkanes of at least 4 members (excludes halogenated alkanes) is 2. The minimum Gasteiger partial charge on any atom is -0.311 e. The third-order valence-electron chi connectivity index (χ3n) is 4.93. The molecule has 2 aliphatic rings. The third-order valence-corrected chi connectivity index (χ3v) is 10.9. The van der Waals surface area contributed by atoms with Crippen LogP contribution >= 0.6 is 43.2 Å². The highest BCUT2D eigenvalue weighted by Gasteiger charge is 2.17. The van der Waals surface area contributed by atoms with E-state index >= 15 is 0 Å². The van der Waals surface area contributed by atoms with Crippen molar-refractivity contribution in [3.63, 3.8) is 0 Å². The van der Waals surface area contributed by atoms with Crippen LogP contribution in [0.2, 0.25) is 0 Å². The Morgan fingerprint density at radius 1 is 0.931 bits per heavy atom. The molecule has 0 aromatic carbocycles. The molecular formula is C19H30N4O2S4. The molecule has 10 heteroatoms. The van der Waals surface area contributed by atoms with Crippen LogP contribution in [-0.4, -0.2) is 44.0 Å². The van der Waals surface area contributed by atoms with Gasteiger partial charge >= 0.3 is 0 Å². The van der Waals surface area contributed by atoms with E-state index in [1.54, 1.807) is 6.07 Å². The van der Waals surface area contributed by atoms with Crippen LogP contribution in [0.3, 0.4) is 0 Å². The molecule has 0 spiro atoms. The van der Waals surface area contributed by atoms with Gasteiger partial charge in [0, 0.05) is 40.9 Å². The molecule has 2 aliphatic heterocycles. The largest absolute Gasteiger partial charge is 0.311 e. The quantitative estimate of drug-likeness (QED) is 0.264. The summed E-state index contributed by atoms with van der Waals surface area (Å²) < 4.78 is 0. The molecular weight excluding hydrogens is 445 g/mol. The standard InChI is InChI=1S/C19H30N4O2S4/c24-18(7-3-1-5-14-9-11-26-28-14)20-16-13-17(23-22-16)21-19(25)8-4-2-6-15-10-12-27-29-15/h13-15H,1-12H2,(H3,20,21,22,23,24,25). The fourth-order valence-electron chi connectivity index (χ4n) is 3.31. The molecule has 3 rings (SSSR count). The van der Waals surface area contributed by atoms with Crippen molar-refractivity contribution >= 4 is 66.6 Å². The van der Waals surface area contributed by atoms with Crippen molar-refractivity contribution in [2.75, 3.05) is 22.1 Å². The number of nitrogens with one attached hydrogen (secondary N) is 3. The average Bonchev–Trinajstić information content (AvgIpc) is 3.46. The molecule has 2 saturated heterocycles. The molecule has 29 heavy (non-hydrogen) atoms. The zero-order chi connectivity index (χ0) is 20.3. The maximum atomic E-state index is 12.1. The van der Waals surface area contributed by atoms with Crippen LogP contribution in [0.25, 0.3) is 0 Å². The van der Waals surface area contributed by atoms with Gasteiger partial charge in [-0.2, -0.15) is 5.10 Å². The minimum absolute atomic E-state index is 0.0112. The highest BCUT2D eigenvalue weighted by Crippen LogP contribution is 2.40. The molecule has 0 radical (unpaired) electrons. The Bertz CT molecular complexity index is 593. The molecule has 2 fully saturated rings. The number of rotatable bonds is 12. The van der Waals surface area contributed by atoms with E-state index in [-0.39, 0.29) is 11.8 Å². The monoisotopic (exact) mass is 474 g/mol. The fourth-order valence-corrected chi connectivity index (χ4v) is 9.37. The molecule has 1 aromatic rings. The molecule has 0 saturated carbocycles. The first-order valence-corrected chi connectivity index (χ1v) is 15.2. The summed E-state index contributed by atoms with van der Waals surface area (Å²) in [6.07, 6.45) is 10.00. The number of anilines is 2. The summed E-state index contributed by atoms with van der Waals surface area (Å²) in [4.78, 5) is 24.1. The molecule has 2 atom stereocenters. The van der Waals surface area contributed by atoms with Crippen LogP contribution in [0.15, 0.2) is 6.07 Å².